The fourth-order valence-electron chi connectivity index (χ4n) is 4.38. The lowest BCUT2D eigenvalue weighted by molar-refractivity contribution is 0.0707. The van der Waals surface area contributed by atoms with Gasteiger partial charge >= 0.3 is 5.69 Å². The van der Waals surface area contributed by atoms with Crippen LogP contribution >= 0.6 is 11.3 Å². The van der Waals surface area contributed by atoms with Gasteiger partial charge in [0.25, 0.3) is 5.91 Å². The van der Waals surface area contributed by atoms with E-state index in [1.807, 2.05) is 45.5 Å². The van der Waals surface area contributed by atoms with Gasteiger partial charge in [-0.2, -0.15) is 5.10 Å². The topological polar surface area (TPSA) is 87.2 Å². The highest BCUT2D eigenvalue weighted by Crippen LogP contribution is 2.37. The molecule has 170 valence electrons. The summed E-state index contributed by atoms with van der Waals surface area (Å²) in [6.07, 6.45) is 7.71. The van der Waals surface area contributed by atoms with E-state index >= 15 is 0 Å². The number of likely N-dealkylation sites (tertiary alicyclic amines) is 1. The molecule has 0 spiro atoms. The van der Waals surface area contributed by atoms with E-state index in [0.717, 1.165) is 42.3 Å². The van der Waals surface area contributed by atoms with Gasteiger partial charge in [0.15, 0.2) is 5.13 Å². The minimum atomic E-state index is -0.0577. The SMILES string of the molecule is COCCn1nc(C2CCCN(C(=O)c3sc(-n4cccc4)nc3C)C2)n(C2CC2)c1=O. The molecule has 0 bridgehead atoms. The number of hydrogen-bond acceptors (Lipinski definition) is 6. The Balaban J connectivity index is 1.38. The fourth-order valence-corrected chi connectivity index (χ4v) is 5.39. The lowest BCUT2D eigenvalue weighted by atomic mass is 9.97. The van der Waals surface area contributed by atoms with Crippen molar-refractivity contribution in [1.82, 2.24) is 28.8 Å². The van der Waals surface area contributed by atoms with Crippen molar-refractivity contribution in [2.24, 2.45) is 0 Å². The van der Waals surface area contributed by atoms with Crippen molar-refractivity contribution in [3.63, 3.8) is 0 Å². The summed E-state index contributed by atoms with van der Waals surface area (Å²) in [7, 11) is 1.62. The Morgan fingerprint density at radius 3 is 2.75 bits per heavy atom. The van der Waals surface area contributed by atoms with Gasteiger partial charge < -0.3 is 14.2 Å². The van der Waals surface area contributed by atoms with E-state index in [2.05, 4.69) is 4.98 Å². The molecular weight excluding hydrogens is 428 g/mol. The van der Waals surface area contributed by atoms with E-state index in [9.17, 15) is 9.59 Å². The van der Waals surface area contributed by atoms with Gasteiger partial charge in [-0.1, -0.05) is 11.3 Å². The molecule has 32 heavy (non-hydrogen) atoms. The summed E-state index contributed by atoms with van der Waals surface area (Å²) in [5, 5.41) is 5.49. The van der Waals surface area contributed by atoms with Crippen LogP contribution in [0.1, 0.15) is 58.8 Å². The van der Waals surface area contributed by atoms with Crippen LogP contribution in [0.3, 0.4) is 0 Å². The quantitative estimate of drug-likeness (QED) is 0.545. The number of hydrogen-bond donors (Lipinski definition) is 0. The summed E-state index contributed by atoms with van der Waals surface area (Å²) in [6.45, 7) is 4.07. The van der Waals surface area contributed by atoms with Gasteiger partial charge in [0.2, 0.25) is 0 Å². The van der Waals surface area contributed by atoms with Crippen LogP contribution in [0.2, 0.25) is 0 Å². The molecular formula is C22H28N6O3S. The number of nitrogens with zero attached hydrogens (tertiary/aromatic N) is 6. The number of rotatable bonds is 7. The number of thiazole rings is 1. The van der Waals surface area contributed by atoms with Gasteiger partial charge in [-0.3, -0.25) is 9.36 Å². The first-order valence-electron chi connectivity index (χ1n) is 11.1. The molecule has 1 saturated carbocycles. The Morgan fingerprint density at radius 1 is 1.25 bits per heavy atom. The normalized spacial score (nSPS) is 18.9. The lowest BCUT2D eigenvalue weighted by Gasteiger charge is -2.32. The third-order valence-corrected chi connectivity index (χ3v) is 7.35. The van der Waals surface area contributed by atoms with Crippen molar-refractivity contribution in [3.05, 3.63) is 51.4 Å². The minimum Gasteiger partial charge on any atom is -0.383 e. The van der Waals surface area contributed by atoms with Crippen molar-refractivity contribution in [2.45, 2.75) is 51.1 Å². The van der Waals surface area contributed by atoms with Crippen molar-refractivity contribution in [2.75, 3.05) is 26.8 Å². The van der Waals surface area contributed by atoms with E-state index in [-0.39, 0.29) is 23.6 Å². The van der Waals surface area contributed by atoms with Crippen LogP contribution in [-0.2, 0) is 11.3 Å². The number of carbonyl (C=O) groups is 1. The van der Waals surface area contributed by atoms with Crippen molar-refractivity contribution < 1.29 is 9.53 Å². The van der Waals surface area contributed by atoms with Gasteiger partial charge in [-0.15, -0.1) is 0 Å². The van der Waals surface area contributed by atoms with Crippen molar-refractivity contribution in [3.8, 4) is 5.13 Å². The third kappa shape index (κ3) is 3.93. The molecule has 1 amide bonds. The second-order valence-electron chi connectivity index (χ2n) is 8.55. The number of carbonyl (C=O) groups excluding carboxylic acids is 1. The number of aryl methyl sites for hydroxylation is 1. The van der Waals surface area contributed by atoms with Crippen LogP contribution in [0.4, 0.5) is 0 Å². The second-order valence-corrected chi connectivity index (χ2v) is 9.53. The van der Waals surface area contributed by atoms with E-state index in [1.54, 1.807) is 7.11 Å². The number of ether oxygens (including phenoxy) is 1. The van der Waals surface area contributed by atoms with E-state index in [4.69, 9.17) is 9.84 Å². The zero-order chi connectivity index (χ0) is 22.2. The molecule has 0 radical (unpaired) electrons. The maximum absolute atomic E-state index is 13.4. The first-order valence-corrected chi connectivity index (χ1v) is 12.0. The molecule has 1 unspecified atom stereocenters. The summed E-state index contributed by atoms with van der Waals surface area (Å²) in [4.78, 5) is 33.5. The van der Waals surface area contributed by atoms with Gasteiger partial charge in [0.05, 0.1) is 18.8 Å². The van der Waals surface area contributed by atoms with E-state index in [0.29, 0.717) is 31.1 Å². The Labute approximate surface area is 190 Å². The van der Waals surface area contributed by atoms with Crippen LogP contribution in [0.25, 0.3) is 5.13 Å². The van der Waals surface area contributed by atoms with Gasteiger partial charge in [0, 0.05) is 44.6 Å². The first kappa shape index (κ1) is 21.1. The molecule has 1 aliphatic heterocycles. The molecule has 10 heteroatoms. The Kier molecular flexibility index (Phi) is 5.73. The van der Waals surface area contributed by atoms with Crippen LogP contribution in [0.15, 0.2) is 29.3 Å². The number of piperidine rings is 1. The molecule has 2 fully saturated rings. The molecule has 0 aromatic carbocycles. The fraction of sp³-hybridized carbons (Fsp3) is 0.545. The average Bonchev–Trinajstić information content (AvgIpc) is 3.20. The number of amides is 1. The van der Waals surface area contributed by atoms with E-state index < -0.39 is 0 Å². The van der Waals surface area contributed by atoms with Gasteiger partial charge in [-0.25, -0.2) is 14.5 Å². The van der Waals surface area contributed by atoms with Crippen LogP contribution in [0.5, 0.6) is 0 Å². The largest absolute Gasteiger partial charge is 0.383 e. The molecule has 3 aromatic heterocycles. The van der Waals surface area contributed by atoms with Crippen LogP contribution < -0.4 is 5.69 Å². The number of methoxy groups -OCH3 is 1. The Morgan fingerprint density at radius 2 is 2.03 bits per heavy atom. The molecule has 1 atom stereocenters. The second kappa shape index (κ2) is 8.67. The molecule has 5 rings (SSSR count). The monoisotopic (exact) mass is 456 g/mol. The van der Waals surface area contributed by atoms with Crippen LogP contribution in [-0.4, -0.2) is 61.5 Å². The standard InChI is InChI=1S/C22H28N6O3S/c1-15-18(32-21(23-15)25-9-3-4-10-25)20(29)26-11-5-6-16(14-26)19-24-27(12-13-31-2)22(30)28(19)17-7-8-17/h3-4,9-10,16-17H,5-8,11-14H2,1-2H3. The van der Waals surface area contributed by atoms with E-state index in [1.165, 1.54) is 16.0 Å². The van der Waals surface area contributed by atoms with Crippen molar-refractivity contribution >= 4 is 17.2 Å². The zero-order valence-electron chi connectivity index (χ0n) is 18.4. The Hall–Kier alpha value is -2.72. The smallest absolute Gasteiger partial charge is 0.346 e. The summed E-state index contributed by atoms with van der Waals surface area (Å²) in [5.74, 6) is 0.893. The molecule has 3 aromatic rings. The van der Waals surface area contributed by atoms with Gasteiger partial charge in [-0.05, 0) is 44.7 Å². The maximum Gasteiger partial charge on any atom is 0.346 e. The molecule has 0 N–H and O–H groups in total. The molecule has 9 nitrogen and oxygen atoms in total. The predicted molar refractivity (Wildman–Crippen MR) is 121 cm³/mol. The number of aromatic nitrogens is 5. The molecule has 1 saturated heterocycles. The maximum atomic E-state index is 13.4. The molecule has 4 heterocycles. The van der Waals surface area contributed by atoms with Crippen molar-refractivity contribution in [1.29, 1.82) is 0 Å². The zero-order valence-corrected chi connectivity index (χ0v) is 19.3. The lowest BCUT2D eigenvalue weighted by Crippen LogP contribution is -2.40. The Bertz CT molecular complexity index is 1160. The van der Waals surface area contributed by atoms with Crippen LogP contribution in [0, 0.1) is 6.92 Å². The molecule has 2 aliphatic rings. The average molecular weight is 457 g/mol. The summed E-state index contributed by atoms with van der Waals surface area (Å²) >= 11 is 1.42. The summed E-state index contributed by atoms with van der Waals surface area (Å²) < 4.78 is 10.5. The van der Waals surface area contributed by atoms with Gasteiger partial charge in [0.1, 0.15) is 10.7 Å². The highest BCUT2D eigenvalue weighted by atomic mass is 32.1. The highest BCUT2D eigenvalue weighted by Gasteiger charge is 2.36. The predicted octanol–water partition coefficient (Wildman–Crippen LogP) is 2.60. The first-order chi connectivity index (χ1) is 15.6. The summed E-state index contributed by atoms with van der Waals surface area (Å²) in [6, 6.07) is 4.13. The highest BCUT2D eigenvalue weighted by molar-refractivity contribution is 7.16. The minimum absolute atomic E-state index is 0.0160. The molecule has 1 aliphatic carbocycles. The third-order valence-electron chi connectivity index (χ3n) is 6.19. The summed E-state index contributed by atoms with van der Waals surface area (Å²) in [5.41, 5.74) is 0.697.